The zero-order valence-corrected chi connectivity index (χ0v) is 38.3. The van der Waals surface area contributed by atoms with Gasteiger partial charge in [-0.25, -0.2) is 0 Å². The molecule has 2 aromatic heterocycles. The van der Waals surface area contributed by atoms with Crippen LogP contribution in [0.25, 0.3) is 55.0 Å². The first-order valence-electron chi connectivity index (χ1n) is 22.0. The zero-order chi connectivity index (χ0) is 43.2. The average molecular weight is 800 g/mol. The van der Waals surface area contributed by atoms with E-state index in [0.717, 1.165) is 28.4 Å². The Morgan fingerprint density at radius 1 is 0.295 bits per heavy atom. The lowest BCUT2D eigenvalue weighted by atomic mass is 9.85. The van der Waals surface area contributed by atoms with Gasteiger partial charge in [-0.05, 0) is 153 Å². The summed E-state index contributed by atoms with van der Waals surface area (Å²) in [5.41, 5.74) is 16.2. The number of benzene rings is 7. The molecule has 0 amide bonds. The maximum Gasteiger partial charge on any atom is 0.0541 e. The normalized spacial score (nSPS) is 12.9. The van der Waals surface area contributed by atoms with E-state index in [0.29, 0.717) is 0 Å². The van der Waals surface area contributed by atoms with E-state index >= 15 is 0 Å². The molecule has 2 heterocycles. The van der Waals surface area contributed by atoms with Gasteiger partial charge >= 0.3 is 0 Å². The van der Waals surface area contributed by atoms with Crippen molar-refractivity contribution in [3.05, 3.63) is 174 Å². The number of hydrogen-bond donors (Lipinski definition) is 0. The van der Waals surface area contributed by atoms with Crippen molar-refractivity contribution in [1.29, 1.82) is 0 Å². The van der Waals surface area contributed by atoms with E-state index in [1.807, 2.05) is 0 Å². The van der Waals surface area contributed by atoms with Crippen molar-refractivity contribution >= 4 is 60.7 Å². The van der Waals surface area contributed by atoms with Gasteiger partial charge in [-0.1, -0.05) is 126 Å². The smallest absolute Gasteiger partial charge is 0.0541 e. The molecule has 0 atom stereocenters. The van der Waals surface area contributed by atoms with E-state index in [1.165, 1.54) is 65.9 Å². The van der Waals surface area contributed by atoms with Gasteiger partial charge in [0.2, 0.25) is 0 Å². The number of nitrogens with zero attached hydrogens (tertiary/aromatic N) is 3. The van der Waals surface area contributed by atoms with Gasteiger partial charge in [-0.2, -0.15) is 0 Å². The molecule has 0 fully saturated rings. The standard InChI is InChI=1S/C58H61N3/c1-55(2,3)38-18-30-51-47(34-38)48-35-39(56(4,5)6)19-31-52(48)60(51)45-26-22-43(23-27-45)59(42-16-14-13-15-17-42)44-24-28-46(29-25-44)61-53-32-20-40(57(7,8)9)36-49(53)50-37-41(58(10,11)12)21-33-54(50)61/h13-37H,1-12H3. The van der Waals surface area contributed by atoms with Gasteiger partial charge in [0.25, 0.3) is 0 Å². The fourth-order valence-electron chi connectivity index (χ4n) is 8.99. The molecule has 0 aliphatic heterocycles. The first-order valence-corrected chi connectivity index (χ1v) is 22.0. The van der Waals surface area contributed by atoms with Crippen molar-refractivity contribution < 1.29 is 0 Å². The van der Waals surface area contributed by atoms with Crippen LogP contribution in [0.5, 0.6) is 0 Å². The summed E-state index contributed by atoms with van der Waals surface area (Å²) in [7, 11) is 0. The van der Waals surface area contributed by atoms with Crippen LogP contribution in [0.3, 0.4) is 0 Å². The molecule has 0 bridgehead atoms. The molecule has 0 radical (unpaired) electrons. The Morgan fingerprint density at radius 3 is 0.820 bits per heavy atom. The molecule has 61 heavy (non-hydrogen) atoms. The Hall–Kier alpha value is -6.06. The van der Waals surface area contributed by atoms with Gasteiger partial charge < -0.3 is 14.0 Å². The molecule has 0 spiro atoms. The van der Waals surface area contributed by atoms with Crippen LogP contribution in [0, 0.1) is 0 Å². The predicted molar refractivity (Wildman–Crippen MR) is 265 cm³/mol. The van der Waals surface area contributed by atoms with Crippen molar-refractivity contribution in [3.8, 4) is 11.4 Å². The number of hydrogen-bond acceptors (Lipinski definition) is 1. The number of anilines is 3. The Labute approximate surface area is 363 Å². The summed E-state index contributed by atoms with van der Waals surface area (Å²) in [6, 6.07) is 57.1. The molecule has 3 nitrogen and oxygen atoms in total. The van der Waals surface area contributed by atoms with Crippen LogP contribution in [0.1, 0.15) is 105 Å². The van der Waals surface area contributed by atoms with Crippen LogP contribution >= 0.6 is 0 Å². The molecular formula is C58H61N3. The Bertz CT molecular complexity index is 2740. The third-order valence-electron chi connectivity index (χ3n) is 12.7. The highest BCUT2D eigenvalue weighted by molar-refractivity contribution is 6.11. The number of aromatic nitrogens is 2. The summed E-state index contributed by atoms with van der Waals surface area (Å²) < 4.78 is 4.88. The average Bonchev–Trinajstić information content (AvgIpc) is 3.72. The Balaban J connectivity index is 1.15. The monoisotopic (exact) mass is 799 g/mol. The first-order chi connectivity index (χ1) is 28.8. The van der Waals surface area contributed by atoms with Gasteiger partial charge in [0, 0.05) is 50.0 Å². The quantitative estimate of drug-likeness (QED) is 0.169. The highest BCUT2D eigenvalue weighted by atomic mass is 15.1. The van der Waals surface area contributed by atoms with Crippen LogP contribution in [-0.2, 0) is 21.7 Å². The Morgan fingerprint density at radius 2 is 0.557 bits per heavy atom. The van der Waals surface area contributed by atoms with Gasteiger partial charge in [-0.15, -0.1) is 0 Å². The largest absolute Gasteiger partial charge is 0.311 e. The van der Waals surface area contributed by atoms with Gasteiger partial charge in [0.15, 0.2) is 0 Å². The zero-order valence-electron chi connectivity index (χ0n) is 38.3. The van der Waals surface area contributed by atoms with E-state index in [9.17, 15) is 0 Å². The van der Waals surface area contributed by atoms with Gasteiger partial charge in [-0.3, -0.25) is 0 Å². The lowest BCUT2D eigenvalue weighted by molar-refractivity contribution is 0.590. The third-order valence-corrected chi connectivity index (χ3v) is 12.7. The van der Waals surface area contributed by atoms with E-state index in [4.69, 9.17) is 0 Å². The topological polar surface area (TPSA) is 13.1 Å². The second-order valence-corrected chi connectivity index (χ2v) is 21.3. The predicted octanol–water partition coefficient (Wildman–Crippen LogP) is 16.5. The molecule has 0 saturated carbocycles. The number of rotatable bonds is 5. The van der Waals surface area contributed by atoms with E-state index in [-0.39, 0.29) is 21.7 Å². The van der Waals surface area contributed by atoms with Gasteiger partial charge in [0.05, 0.1) is 22.1 Å². The van der Waals surface area contributed by atoms with Crippen molar-refractivity contribution in [2.45, 2.75) is 105 Å². The van der Waals surface area contributed by atoms with Crippen molar-refractivity contribution in [1.82, 2.24) is 9.13 Å². The van der Waals surface area contributed by atoms with Crippen LogP contribution < -0.4 is 4.90 Å². The molecule has 9 aromatic rings. The lowest BCUT2D eigenvalue weighted by Gasteiger charge is -2.26. The maximum absolute atomic E-state index is 2.44. The molecule has 0 aliphatic carbocycles. The number of fused-ring (bicyclic) bond motifs is 6. The van der Waals surface area contributed by atoms with Gasteiger partial charge in [0.1, 0.15) is 0 Å². The maximum atomic E-state index is 2.44. The molecule has 0 N–H and O–H groups in total. The first kappa shape index (κ1) is 40.4. The lowest BCUT2D eigenvalue weighted by Crippen LogP contribution is -2.11. The van der Waals surface area contributed by atoms with E-state index < -0.39 is 0 Å². The highest BCUT2D eigenvalue weighted by Gasteiger charge is 2.23. The summed E-state index contributed by atoms with van der Waals surface area (Å²) in [6.07, 6.45) is 0. The second-order valence-electron chi connectivity index (χ2n) is 21.3. The fraction of sp³-hybridized carbons (Fsp3) is 0.276. The molecule has 308 valence electrons. The molecule has 3 heteroatoms. The summed E-state index contributed by atoms with van der Waals surface area (Å²) in [5.74, 6) is 0. The van der Waals surface area contributed by atoms with Crippen LogP contribution in [0.2, 0.25) is 0 Å². The third kappa shape index (κ3) is 7.22. The molecule has 9 rings (SSSR count). The van der Waals surface area contributed by atoms with Crippen LogP contribution in [0.15, 0.2) is 152 Å². The van der Waals surface area contributed by atoms with Crippen molar-refractivity contribution in [2.75, 3.05) is 4.90 Å². The molecular weight excluding hydrogens is 739 g/mol. The Kier molecular flexibility index (Phi) is 9.44. The van der Waals surface area contributed by atoms with Crippen LogP contribution in [0.4, 0.5) is 17.1 Å². The minimum Gasteiger partial charge on any atom is -0.311 e. The molecule has 0 unspecified atom stereocenters. The summed E-state index contributed by atoms with van der Waals surface area (Å²) >= 11 is 0. The molecule has 0 aliphatic rings. The number of para-hydroxylation sites is 1. The fourth-order valence-corrected chi connectivity index (χ4v) is 8.99. The summed E-state index contributed by atoms with van der Waals surface area (Å²) in [4.78, 5) is 2.36. The summed E-state index contributed by atoms with van der Waals surface area (Å²) in [5, 5.41) is 5.21. The van der Waals surface area contributed by atoms with Crippen molar-refractivity contribution in [2.24, 2.45) is 0 Å². The van der Waals surface area contributed by atoms with Crippen molar-refractivity contribution in [3.63, 3.8) is 0 Å². The van der Waals surface area contributed by atoms with Crippen LogP contribution in [-0.4, -0.2) is 9.13 Å². The molecule has 0 saturated heterocycles. The minimum absolute atomic E-state index is 0.0563. The van der Waals surface area contributed by atoms with E-state index in [1.54, 1.807) is 0 Å². The highest BCUT2D eigenvalue weighted by Crippen LogP contribution is 2.42. The second kappa shape index (κ2) is 14.3. The molecule has 7 aromatic carbocycles. The summed E-state index contributed by atoms with van der Waals surface area (Å²) in [6.45, 7) is 27.6. The minimum atomic E-state index is 0.0563. The van der Waals surface area contributed by atoms with E-state index in [2.05, 4.69) is 249 Å². The SMILES string of the molecule is CC(C)(C)c1ccc2c(c1)c1cc(C(C)(C)C)ccc1n2-c1ccc(N(c2ccccc2)c2ccc(-n3c4ccc(C(C)(C)C)cc4c4cc(C(C)(C)C)ccc43)cc2)cc1.